The van der Waals surface area contributed by atoms with Crippen LogP contribution in [-0.2, 0) is 11.2 Å². The van der Waals surface area contributed by atoms with E-state index in [0.717, 1.165) is 17.7 Å². The average molecular weight is 288 g/mol. The van der Waals surface area contributed by atoms with Crippen molar-refractivity contribution in [1.82, 2.24) is 5.32 Å². The van der Waals surface area contributed by atoms with Gasteiger partial charge in [-0.25, -0.2) is 0 Å². The lowest BCUT2D eigenvalue weighted by Gasteiger charge is -2.17. The third-order valence-electron chi connectivity index (χ3n) is 3.23. The Morgan fingerprint density at radius 3 is 2.65 bits per heavy atom. The second-order valence-corrected chi connectivity index (χ2v) is 5.91. The van der Waals surface area contributed by atoms with Gasteiger partial charge in [-0.1, -0.05) is 36.4 Å². The molecule has 1 heterocycles. The van der Waals surface area contributed by atoms with Gasteiger partial charge in [0.15, 0.2) is 0 Å². The van der Waals surface area contributed by atoms with E-state index in [4.69, 9.17) is 5.73 Å². The lowest BCUT2D eigenvalue weighted by atomic mass is 10.1. The molecule has 0 spiro atoms. The average Bonchev–Trinajstić information content (AvgIpc) is 2.99. The standard InChI is InChI=1S/C16H20N2OS/c1-12(9-10-13-6-3-2-4-7-13)18-16(19)15(17)14-8-5-11-20-14/h2-8,11-12,15H,9-10,17H2,1H3,(H,18,19). The smallest absolute Gasteiger partial charge is 0.242 e. The number of thiophene rings is 1. The molecule has 2 unspecified atom stereocenters. The summed E-state index contributed by atoms with van der Waals surface area (Å²) in [5.41, 5.74) is 7.23. The van der Waals surface area contributed by atoms with Crippen molar-refractivity contribution in [3.8, 4) is 0 Å². The molecule has 0 aliphatic rings. The zero-order valence-electron chi connectivity index (χ0n) is 11.6. The number of carbonyl (C=O) groups is 1. The Balaban J connectivity index is 1.79. The van der Waals surface area contributed by atoms with Gasteiger partial charge in [0, 0.05) is 10.9 Å². The molecule has 3 N–H and O–H groups in total. The normalized spacial score (nSPS) is 13.7. The molecule has 0 bridgehead atoms. The first-order valence-electron chi connectivity index (χ1n) is 6.80. The van der Waals surface area contributed by atoms with Crippen molar-refractivity contribution < 1.29 is 4.79 Å². The largest absolute Gasteiger partial charge is 0.352 e. The lowest BCUT2D eigenvalue weighted by molar-refractivity contribution is -0.123. The van der Waals surface area contributed by atoms with Gasteiger partial charge in [-0.15, -0.1) is 11.3 Å². The Hall–Kier alpha value is -1.65. The predicted molar refractivity (Wildman–Crippen MR) is 83.6 cm³/mol. The first kappa shape index (κ1) is 14.8. The van der Waals surface area contributed by atoms with Crippen LogP contribution in [0.1, 0.15) is 29.8 Å². The van der Waals surface area contributed by atoms with Crippen LogP contribution in [0.15, 0.2) is 47.8 Å². The molecule has 20 heavy (non-hydrogen) atoms. The maximum atomic E-state index is 12.0. The highest BCUT2D eigenvalue weighted by atomic mass is 32.1. The summed E-state index contributed by atoms with van der Waals surface area (Å²) in [5, 5.41) is 4.91. The van der Waals surface area contributed by atoms with Gasteiger partial charge >= 0.3 is 0 Å². The lowest BCUT2D eigenvalue weighted by Crippen LogP contribution is -2.39. The first-order valence-corrected chi connectivity index (χ1v) is 7.68. The summed E-state index contributed by atoms with van der Waals surface area (Å²) >= 11 is 1.51. The molecule has 3 nitrogen and oxygen atoms in total. The Kier molecular flexibility index (Phi) is 5.32. The molecule has 2 rings (SSSR count). The van der Waals surface area contributed by atoms with E-state index in [1.807, 2.05) is 42.6 Å². The third kappa shape index (κ3) is 4.18. The molecule has 1 aromatic heterocycles. The van der Waals surface area contributed by atoms with E-state index in [1.165, 1.54) is 16.9 Å². The van der Waals surface area contributed by atoms with Crippen LogP contribution in [0.4, 0.5) is 0 Å². The third-order valence-corrected chi connectivity index (χ3v) is 4.19. The fourth-order valence-corrected chi connectivity index (χ4v) is 2.76. The van der Waals surface area contributed by atoms with Crippen LogP contribution < -0.4 is 11.1 Å². The first-order chi connectivity index (χ1) is 9.66. The molecule has 0 aliphatic heterocycles. The summed E-state index contributed by atoms with van der Waals surface area (Å²) in [5.74, 6) is -0.104. The van der Waals surface area contributed by atoms with E-state index in [-0.39, 0.29) is 11.9 Å². The van der Waals surface area contributed by atoms with Crippen molar-refractivity contribution >= 4 is 17.2 Å². The van der Waals surface area contributed by atoms with Gasteiger partial charge in [-0.2, -0.15) is 0 Å². The van der Waals surface area contributed by atoms with Gasteiger partial charge in [0.05, 0.1) is 0 Å². The Morgan fingerprint density at radius 1 is 1.25 bits per heavy atom. The molecule has 1 amide bonds. The van der Waals surface area contributed by atoms with Crippen molar-refractivity contribution in [3.63, 3.8) is 0 Å². The van der Waals surface area contributed by atoms with Crippen LogP contribution in [0.5, 0.6) is 0 Å². The van der Waals surface area contributed by atoms with Gasteiger partial charge in [0.25, 0.3) is 0 Å². The fourth-order valence-electron chi connectivity index (χ4n) is 2.03. The number of carbonyl (C=O) groups excluding carboxylic acids is 1. The van der Waals surface area contributed by atoms with Crippen LogP contribution in [0.2, 0.25) is 0 Å². The Labute approximate surface area is 123 Å². The number of nitrogens with two attached hydrogens (primary N) is 1. The number of benzene rings is 1. The number of nitrogens with one attached hydrogen (secondary N) is 1. The number of rotatable bonds is 6. The quantitative estimate of drug-likeness (QED) is 0.858. The SMILES string of the molecule is CC(CCc1ccccc1)NC(=O)C(N)c1cccs1. The molecule has 2 aromatic rings. The van der Waals surface area contributed by atoms with Crippen LogP contribution in [-0.4, -0.2) is 11.9 Å². The Morgan fingerprint density at radius 2 is 2.00 bits per heavy atom. The van der Waals surface area contributed by atoms with E-state index < -0.39 is 6.04 Å². The number of hydrogen-bond donors (Lipinski definition) is 2. The monoisotopic (exact) mass is 288 g/mol. The topological polar surface area (TPSA) is 55.1 Å². The highest BCUT2D eigenvalue weighted by Gasteiger charge is 2.18. The van der Waals surface area contributed by atoms with Gasteiger partial charge in [0.2, 0.25) is 5.91 Å². The van der Waals surface area contributed by atoms with Crippen molar-refractivity contribution in [1.29, 1.82) is 0 Å². The maximum absolute atomic E-state index is 12.0. The minimum atomic E-state index is -0.561. The molecule has 0 saturated heterocycles. The summed E-state index contributed by atoms with van der Waals surface area (Å²) in [6, 6.07) is 13.6. The molecule has 0 radical (unpaired) electrons. The van der Waals surface area contributed by atoms with Crippen LogP contribution in [0.25, 0.3) is 0 Å². The van der Waals surface area contributed by atoms with Crippen molar-refractivity contribution in [3.05, 3.63) is 58.3 Å². The van der Waals surface area contributed by atoms with E-state index in [2.05, 4.69) is 17.4 Å². The summed E-state index contributed by atoms with van der Waals surface area (Å²) in [6.45, 7) is 2.02. The van der Waals surface area contributed by atoms with Crippen molar-refractivity contribution in [2.75, 3.05) is 0 Å². The molecule has 2 atom stereocenters. The molecule has 106 valence electrons. The van der Waals surface area contributed by atoms with E-state index >= 15 is 0 Å². The minimum Gasteiger partial charge on any atom is -0.352 e. The van der Waals surface area contributed by atoms with E-state index in [0.29, 0.717) is 0 Å². The van der Waals surface area contributed by atoms with E-state index in [1.54, 1.807) is 0 Å². The highest BCUT2D eigenvalue weighted by molar-refractivity contribution is 7.10. The molecule has 0 saturated carbocycles. The number of hydrogen-bond acceptors (Lipinski definition) is 3. The molecule has 0 fully saturated rings. The highest BCUT2D eigenvalue weighted by Crippen LogP contribution is 2.17. The van der Waals surface area contributed by atoms with Gasteiger partial charge in [-0.3, -0.25) is 4.79 Å². The van der Waals surface area contributed by atoms with Crippen molar-refractivity contribution in [2.24, 2.45) is 5.73 Å². The molecular weight excluding hydrogens is 268 g/mol. The summed E-state index contributed by atoms with van der Waals surface area (Å²) in [7, 11) is 0. The molecule has 1 aromatic carbocycles. The Bertz CT molecular complexity index is 525. The van der Waals surface area contributed by atoms with Crippen LogP contribution >= 0.6 is 11.3 Å². The molecule has 0 aliphatic carbocycles. The van der Waals surface area contributed by atoms with Gasteiger partial charge in [0.1, 0.15) is 6.04 Å². The van der Waals surface area contributed by atoms with Crippen LogP contribution in [0.3, 0.4) is 0 Å². The second kappa shape index (κ2) is 7.22. The summed E-state index contributed by atoms with van der Waals surface area (Å²) in [4.78, 5) is 12.9. The number of aryl methyl sites for hydroxylation is 1. The van der Waals surface area contributed by atoms with Gasteiger partial charge < -0.3 is 11.1 Å². The summed E-state index contributed by atoms with van der Waals surface area (Å²) < 4.78 is 0. The van der Waals surface area contributed by atoms with Crippen molar-refractivity contribution in [2.45, 2.75) is 31.8 Å². The predicted octanol–water partition coefficient (Wildman–Crippen LogP) is 2.89. The van der Waals surface area contributed by atoms with Gasteiger partial charge in [-0.05, 0) is 36.8 Å². The molecular formula is C16H20N2OS. The van der Waals surface area contributed by atoms with Crippen LogP contribution in [0, 0.1) is 0 Å². The van der Waals surface area contributed by atoms with E-state index in [9.17, 15) is 4.79 Å². The zero-order chi connectivity index (χ0) is 14.4. The minimum absolute atomic E-state index is 0.104. The second-order valence-electron chi connectivity index (χ2n) is 4.93. The summed E-state index contributed by atoms with van der Waals surface area (Å²) in [6.07, 6.45) is 1.86. The number of amides is 1. The fraction of sp³-hybridized carbons (Fsp3) is 0.312. The molecule has 4 heteroatoms. The maximum Gasteiger partial charge on any atom is 0.242 e. The zero-order valence-corrected chi connectivity index (χ0v) is 12.4.